The standard InChI is InChI=1S/C18H25N3.HI/c1-13(2)14(3)21-18(19-4)20-12-16-10-7-9-15-8-5-6-11-17(15)16;/h5-11,13-14H,12H2,1-4H3,(H2,19,20,21);1H. The Bertz CT molecular complexity index is 617. The van der Waals surface area contributed by atoms with E-state index in [2.05, 4.69) is 78.9 Å². The van der Waals surface area contributed by atoms with Crippen molar-refractivity contribution in [1.29, 1.82) is 0 Å². The van der Waals surface area contributed by atoms with Gasteiger partial charge in [-0.2, -0.15) is 0 Å². The van der Waals surface area contributed by atoms with Crippen LogP contribution in [0.4, 0.5) is 0 Å². The number of nitrogens with one attached hydrogen (secondary N) is 2. The molecule has 1 atom stereocenters. The maximum atomic E-state index is 4.30. The van der Waals surface area contributed by atoms with Crippen molar-refractivity contribution in [3.8, 4) is 0 Å². The molecule has 0 spiro atoms. The maximum Gasteiger partial charge on any atom is 0.191 e. The number of benzene rings is 2. The molecule has 0 saturated heterocycles. The summed E-state index contributed by atoms with van der Waals surface area (Å²) in [4.78, 5) is 4.30. The van der Waals surface area contributed by atoms with Crippen LogP contribution in [0.3, 0.4) is 0 Å². The van der Waals surface area contributed by atoms with Gasteiger partial charge >= 0.3 is 0 Å². The second-order valence-electron chi connectivity index (χ2n) is 5.74. The average Bonchev–Trinajstić information content (AvgIpc) is 2.51. The first-order valence-corrected chi connectivity index (χ1v) is 7.55. The molecule has 0 aliphatic rings. The lowest BCUT2D eigenvalue weighted by Gasteiger charge is -2.21. The van der Waals surface area contributed by atoms with E-state index < -0.39 is 0 Å². The van der Waals surface area contributed by atoms with Gasteiger partial charge in [0.05, 0.1) is 0 Å². The molecule has 0 radical (unpaired) electrons. The smallest absolute Gasteiger partial charge is 0.191 e. The Labute approximate surface area is 150 Å². The lowest BCUT2D eigenvalue weighted by molar-refractivity contribution is 0.481. The average molecular weight is 411 g/mol. The molecular formula is C18H26IN3. The molecule has 0 bridgehead atoms. The molecule has 120 valence electrons. The Morgan fingerprint density at radius 3 is 2.41 bits per heavy atom. The number of hydrogen-bond donors (Lipinski definition) is 2. The first-order chi connectivity index (χ1) is 10.1. The van der Waals surface area contributed by atoms with Gasteiger partial charge in [0.15, 0.2) is 5.96 Å². The number of aliphatic imine (C=N–C) groups is 1. The summed E-state index contributed by atoms with van der Waals surface area (Å²) >= 11 is 0. The number of fused-ring (bicyclic) bond motifs is 1. The number of halogens is 1. The zero-order valence-corrected chi connectivity index (χ0v) is 16.1. The minimum atomic E-state index is 0. The second kappa shape index (κ2) is 8.98. The summed E-state index contributed by atoms with van der Waals surface area (Å²) in [6.07, 6.45) is 0. The summed E-state index contributed by atoms with van der Waals surface area (Å²) in [7, 11) is 1.81. The number of hydrogen-bond acceptors (Lipinski definition) is 1. The van der Waals surface area contributed by atoms with Crippen LogP contribution >= 0.6 is 24.0 Å². The topological polar surface area (TPSA) is 36.4 Å². The van der Waals surface area contributed by atoms with Crippen molar-refractivity contribution in [1.82, 2.24) is 10.6 Å². The fraction of sp³-hybridized carbons (Fsp3) is 0.389. The Balaban J connectivity index is 0.00000242. The second-order valence-corrected chi connectivity index (χ2v) is 5.74. The highest BCUT2D eigenvalue weighted by Gasteiger charge is 2.09. The molecule has 2 aromatic rings. The molecule has 22 heavy (non-hydrogen) atoms. The molecule has 0 amide bonds. The van der Waals surface area contributed by atoms with E-state index in [4.69, 9.17) is 0 Å². The van der Waals surface area contributed by atoms with Crippen molar-refractivity contribution in [2.24, 2.45) is 10.9 Å². The summed E-state index contributed by atoms with van der Waals surface area (Å²) < 4.78 is 0. The fourth-order valence-electron chi connectivity index (χ4n) is 2.20. The quantitative estimate of drug-likeness (QED) is 0.450. The molecule has 1 unspecified atom stereocenters. The van der Waals surface area contributed by atoms with Gasteiger partial charge in [0.2, 0.25) is 0 Å². The molecule has 0 saturated carbocycles. The van der Waals surface area contributed by atoms with Crippen LogP contribution in [0.25, 0.3) is 10.8 Å². The van der Waals surface area contributed by atoms with Gasteiger partial charge < -0.3 is 10.6 Å². The number of nitrogens with zero attached hydrogens (tertiary/aromatic N) is 1. The Morgan fingerprint density at radius 2 is 1.73 bits per heavy atom. The fourth-order valence-corrected chi connectivity index (χ4v) is 2.20. The van der Waals surface area contributed by atoms with Crippen molar-refractivity contribution in [3.05, 3.63) is 48.0 Å². The third kappa shape index (κ3) is 4.87. The molecule has 2 rings (SSSR count). The van der Waals surface area contributed by atoms with Gasteiger partial charge in [0.25, 0.3) is 0 Å². The molecule has 0 aliphatic carbocycles. The highest BCUT2D eigenvalue weighted by atomic mass is 127. The maximum absolute atomic E-state index is 4.30. The molecule has 4 heteroatoms. The summed E-state index contributed by atoms with van der Waals surface area (Å²) in [5, 5.41) is 9.39. The number of guanidine groups is 1. The van der Waals surface area contributed by atoms with Crippen LogP contribution < -0.4 is 10.6 Å². The molecule has 0 heterocycles. The van der Waals surface area contributed by atoms with Crippen molar-refractivity contribution in [2.75, 3.05) is 7.05 Å². The Hall–Kier alpha value is -1.30. The van der Waals surface area contributed by atoms with Crippen molar-refractivity contribution in [3.63, 3.8) is 0 Å². The summed E-state index contributed by atoms with van der Waals surface area (Å²) in [6, 6.07) is 15.3. The van der Waals surface area contributed by atoms with Crippen LogP contribution in [-0.4, -0.2) is 19.0 Å². The monoisotopic (exact) mass is 411 g/mol. The van der Waals surface area contributed by atoms with Crippen LogP contribution in [0.5, 0.6) is 0 Å². The van der Waals surface area contributed by atoms with Crippen molar-refractivity contribution < 1.29 is 0 Å². The lowest BCUT2D eigenvalue weighted by atomic mass is 10.0. The molecule has 3 nitrogen and oxygen atoms in total. The summed E-state index contributed by atoms with van der Waals surface area (Å²) in [5.74, 6) is 1.42. The van der Waals surface area contributed by atoms with Gasteiger partial charge in [0, 0.05) is 19.6 Å². The molecule has 2 N–H and O–H groups in total. The van der Waals surface area contributed by atoms with E-state index in [1.165, 1.54) is 16.3 Å². The SMILES string of the molecule is CN=C(NCc1cccc2ccccc12)NC(C)C(C)C.I. The van der Waals surface area contributed by atoms with Gasteiger partial charge in [-0.15, -0.1) is 24.0 Å². The summed E-state index contributed by atoms with van der Waals surface area (Å²) in [5.41, 5.74) is 1.29. The van der Waals surface area contributed by atoms with Crippen LogP contribution in [0.15, 0.2) is 47.5 Å². The van der Waals surface area contributed by atoms with Crippen LogP contribution in [0.2, 0.25) is 0 Å². The van der Waals surface area contributed by atoms with E-state index >= 15 is 0 Å². The third-order valence-electron chi connectivity index (χ3n) is 3.91. The van der Waals surface area contributed by atoms with Crippen LogP contribution in [0, 0.1) is 5.92 Å². The molecule has 2 aromatic carbocycles. The predicted octanol–water partition coefficient (Wildman–Crippen LogP) is 4.17. The minimum Gasteiger partial charge on any atom is -0.354 e. The molecule has 0 fully saturated rings. The largest absolute Gasteiger partial charge is 0.354 e. The Kier molecular flexibility index (Phi) is 7.65. The van der Waals surface area contributed by atoms with E-state index in [1.54, 1.807) is 0 Å². The predicted molar refractivity (Wildman–Crippen MR) is 107 cm³/mol. The van der Waals surface area contributed by atoms with Gasteiger partial charge in [-0.3, -0.25) is 4.99 Å². The minimum absolute atomic E-state index is 0. The highest BCUT2D eigenvalue weighted by Crippen LogP contribution is 2.18. The molecule has 0 aromatic heterocycles. The zero-order chi connectivity index (χ0) is 15.2. The van der Waals surface area contributed by atoms with Crippen LogP contribution in [-0.2, 0) is 6.54 Å². The molecule has 0 aliphatic heterocycles. The summed E-state index contributed by atoms with van der Waals surface area (Å²) in [6.45, 7) is 7.35. The first-order valence-electron chi connectivity index (χ1n) is 7.55. The van der Waals surface area contributed by atoms with E-state index in [1.807, 2.05) is 7.05 Å². The van der Waals surface area contributed by atoms with E-state index in [0.717, 1.165) is 12.5 Å². The third-order valence-corrected chi connectivity index (χ3v) is 3.91. The lowest BCUT2D eigenvalue weighted by Crippen LogP contribution is -2.43. The van der Waals surface area contributed by atoms with Gasteiger partial charge in [-0.1, -0.05) is 56.3 Å². The van der Waals surface area contributed by atoms with E-state index in [-0.39, 0.29) is 24.0 Å². The first kappa shape index (κ1) is 18.7. The van der Waals surface area contributed by atoms with Gasteiger partial charge in [0.1, 0.15) is 0 Å². The zero-order valence-electron chi connectivity index (χ0n) is 13.8. The van der Waals surface area contributed by atoms with Gasteiger partial charge in [-0.05, 0) is 29.2 Å². The van der Waals surface area contributed by atoms with Gasteiger partial charge in [-0.25, -0.2) is 0 Å². The van der Waals surface area contributed by atoms with E-state index in [9.17, 15) is 0 Å². The molecular weight excluding hydrogens is 385 g/mol. The Morgan fingerprint density at radius 1 is 1.05 bits per heavy atom. The highest BCUT2D eigenvalue weighted by molar-refractivity contribution is 14.0. The number of rotatable bonds is 4. The van der Waals surface area contributed by atoms with E-state index in [0.29, 0.717) is 12.0 Å². The van der Waals surface area contributed by atoms with Crippen molar-refractivity contribution in [2.45, 2.75) is 33.4 Å². The van der Waals surface area contributed by atoms with Crippen molar-refractivity contribution >= 4 is 40.7 Å². The van der Waals surface area contributed by atoms with Crippen LogP contribution in [0.1, 0.15) is 26.3 Å². The normalized spacial score (nSPS) is 12.9.